The largest absolute Gasteiger partial charge is 0.442 e. The summed E-state index contributed by atoms with van der Waals surface area (Å²) < 4.78 is 34.1. The minimum atomic E-state index is -0.694. The molecule has 1 aromatic carbocycles. The minimum absolute atomic E-state index is 0.0496. The van der Waals surface area contributed by atoms with Gasteiger partial charge in [-0.25, -0.2) is 13.6 Å². The standard InChI is InChI=1S/C16H19F2N3O3S.CH4O/c1-10(22)19-8-12-9-21(16(23)24-12)11-6-13(17)15(14(18)7-11)20-2-4-25-5-3-20;1-2/h6-7,12H,2-5,8-9H2,1H3,(H,19,22);2H,1H3/t12-;/m0./s1. The molecule has 2 fully saturated rings. The molecule has 1 aromatic rings. The molecule has 2 N–H and O–H groups in total. The van der Waals surface area contributed by atoms with Gasteiger partial charge in [-0.05, 0) is 0 Å². The number of nitrogens with one attached hydrogen (secondary N) is 1. The van der Waals surface area contributed by atoms with Crippen LogP contribution < -0.4 is 15.1 Å². The summed E-state index contributed by atoms with van der Waals surface area (Å²) >= 11 is 1.75. The lowest BCUT2D eigenvalue weighted by molar-refractivity contribution is -0.119. The Bertz CT molecular complexity index is 663. The predicted molar refractivity (Wildman–Crippen MR) is 100 cm³/mol. The van der Waals surface area contributed by atoms with Gasteiger partial charge in [0.25, 0.3) is 0 Å². The summed E-state index contributed by atoms with van der Waals surface area (Å²) in [6.45, 7) is 2.81. The molecule has 0 aliphatic carbocycles. The van der Waals surface area contributed by atoms with Crippen molar-refractivity contribution >= 4 is 35.1 Å². The van der Waals surface area contributed by atoms with Crippen LogP contribution in [0.3, 0.4) is 0 Å². The number of aliphatic hydroxyl groups excluding tert-OH is 1. The van der Waals surface area contributed by atoms with Gasteiger partial charge in [0.15, 0.2) is 11.6 Å². The van der Waals surface area contributed by atoms with Gasteiger partial charge in [0.05, 0.1) is 18.8 Å². The molecule has 0 aromatic heterocycles. The summed E-state index contributed by atoms with van der Waals surface area (Å²) in [6, 6.07) is 2.31. The van der Waals surface area contributed by atoms with E-state index in [2.05, 4.69) is 5.32 Å². The normalized spacial score (nSPS) is 19.3. The van der Waals surface area contributed by atoms with Crippen molar-refractivity contribution in [1.82, 2.24) is 5.32 Å². The van der Waals surface area contributed by atoms with E-state index in [4.69, 9.17) is 9.84 Å². The lowest BCUT2D eigenvalue weighted by Crippen LogP contribution is -2.34. The van der Waals surface area contributed by atoms with Crippen molar-refractivity contribution in [1.29, 1.82) is 0 Å². The van der Waals surface area contributed by atoms with Crippen LogP contribution in [-0.4, -0.2) is 68.0 Å². The second-order valence-electron chi connectivity index (χ2n) is 5.91. The topological polar surface area (TPSA) is 82.1 Å². The van der Waals surface area contributed by atoms with Gasteiger partial charge in [0.1, 0.15) is 11.8 Å². The van der Waals surface area contributed by atoms with Gasteiger partial charge in [-0.2, -0.15) is 11.8 Å². The molecule has 1 atom stereocenters. The van der Waals surface area contributed by atoms with Crippen LogP contribution in [0.2, 0.25) is 0 Å². The third-order valence-electron chi connectivity index (χ3n) is 4.09. The average molecular weight is 403 g/mol. The van der Waals surface area contributed by atoms with Gasteiger partial charge in [-0.3, -0.25) is 9.69 Å². The van der Waals surface area contributed by atoms with E-state index in [-0.39, 0.29) is 30.4 Å². The number of hydrogen-bond donors (Lipinski definition) is 2. The number of nitrogens with zero attached hydrogens (tertiary/aromatic N) is 2. The molecule has 10 heteroatoms. The number of benzene rings is 1. The second kappa shape index (κ2) is 9.75. The maximum absolute atomic E-state index is 14.5. The van der Waals surface area contributed by atoms with Crippen LogP contribution in [0.4, 0.5) is 25.0 Å². The Kier molecular flexibility index (Phi) is 7.66. The lowest BCUT2D eigenvalue weighted by atomic mass is 10.2. The predicted octanol–water partition coefficient (Wildman–Crippen LogP) is 1.59. The number of anilines is 2. The lowest BCUT2D eigenvalue weighted by Gasteiger charge is -2.29. The van der Waals surface area contributed by atoms with Crippen LogP contribution >= 0.6 is 11.8 Å². The number of carbonyl (C=O) groups is 2. The Morgan fingerprint density at radius 3 is 2.44 bits per heavy atom. The van der Waals surface area contributed by atoms with Crippen molar-refractivity contribution in [2.24, 2.45) is 0 Å². The molecule has 3 rings (SSSR count). The number of halogens is 2. The fourth-order valence-corrected chi connectivity index (χ4v) is 3.80. The summed E-state index contributed by atoms with van der Waals surface area (Å²) in [5, 5.41) is 9.56. The highest BCUT2D eigenvalue weighted by atomic mass is 32.2. The van der Waals surface area contributed by atoms with E-state index in [9.17, 15) is 18.4 Å². The van der Waals surface area contributed by atoms with E-state index in [1.165, 1.54) is 11.8 Å². The monoisotopic (exact) mass is 403 g/mol. The Balaban J connectivity index is 0.00000126. The molecule has 0 unspecified atom stereocenters. The molecular weight excluding hydrogens is 380 g/mol. The summed E-state index contributed by atoms with van der Waals surface area (Å²) in [5.74, 6) is 0.0176. The van der Waals surface area contributed by atoms with Gasteiger partial charge in [-0.1, -0.05) is 0 Å². The van der Waals surface area contributed by atoms with Crippen LogP contribution in [0.15, 0.2) is 12.1 Å². The van der Waals surface area contributed by atoms with E-state index in [1.807, 2.05) is 0 Å². The van der Waals surface area contributed by atoms with Crippen molar-refractivity contribution in [3.05, 3.63) is 23.8 Å². The van der Waals surface area contributed by atoms with Crippen LogP contribution in [0.5, 0.6) is 0 Å². The molecule has 0 saturated carbocycles. The molecule has 2 amide bonds. The first-order valence-corrected chi connectivity index (χ1v) is 9.60. The smallest absolute Gasteiger partial charge is 0.414 e. The summed E-state index contributed by atoms with van der Waals surface area (Å²) in [4.78, 5) is 25.8. The van der Waals surface area contributed by atoms with Gasteiger partial charge >= 0.3 is 6.09 Å². The fraction of sp³-hybridized carbons (Fsp3) is 0.529. The zero-order chi connectivity index (χ0) is 20.0. The van der Waals surface area contributed by atoms with Crippen LogP contribution in [-0.2, 0) is 9.53 Å². The zero-order valence-corrected chi connectivity index (χ0v) is 16.0. The van der Waals surface area contributed by atoms with Crippen LogP contribution in [0.25, 0.3) is 0 Å². The molecule has 7 nitrogen and oxygen atoms in total. The van der Waals surface area contributed by atoms with Crippen molar-refractivity contribution in [3.63, 3.8) is 0 Å². The molecule has 2 aliphatic heterocycles. The van der Waals surface area contributed by atoms with Gasteiger partial charge in [-0.15, -0.1) is 0 Å². The number of thioether (sulfide) groups is 1. The summed E-state index contributed by atoms with van der Waals surface area (Å²) in [5.41, 5.74) is 0.0619. The van der Waals surface area contributed by atoms with Crippen LogP contribution in [0.1, 0.15) is 6.92 Å². The number of cyclic esters (lactones) is 1. The van der Waals surface area contributed by atoms with Crippen molar-refractivity contribution in [3.8, 4) is 0 Å². The highest BCUT2D eigenvalue weighted by Gasteiger charge is 2.33. The van der Waals surface area contributed by atoms with E-state index in [0.29, 0.717) is 13.1 Å². The first-order chi connectivity index (χ1) is 13.0. The van der Waals surface area contributed by atoms with Crippen molar-refractivity contribution in [2.75, 3.05) is 54.6 Å². The average Bonchev–Trinajstić information content (AvgIpc) is 3.03. The van der Waals surface area contributed by atoms with Gasteiger partial charge in [0, 0.05) is 50.8 Å². The van der Waals surface area contributed by atoms with E-state index in [0.717, 1.165) is 30.7 Å². The molecule has 0 spiro atoms. The van der Waals surface area contributed by atoms with E-state index in [1.54, 1.807) is 16.7 Å². The Labute approximate surface area is 160 Å². The highest BCUT2D eigenvalue weighted by Crippen LogP contribution is 2.32. The van der Waals surface area contributed by atoms with E-state index < -0.39 is 23.8 Å². The highest BCUT2D eigenvalue weighted by molar-refractivity contribution is 7.99. The van der Waals surface area contributed by atoms with E-state index >= 15 is 0 Å². The van der Waals surface area contributed by atoms with Gasteiger partial charge in [0.2, 0.25) is 5.91 Å². The quantitative estimate of drug-likeness (QED) is 0.795. The molecule has 150 valence electrons. The Morgan fingerprint density at radius 1 is 1.30 bits per heavy atom. The molecule has 2 aliphatic rings. The third-order valence-corrected chi connectivity index (χ3v) is 5.04. The Morgan fingerprint density at radius 2 is 1.89 bits per heavy atom. The first-order valence-electron chi connectivity index (χ1n) is 8.44. The SMILES string of the molecule is CC(=O)NC[C@H]1CN(c2cc(F)c(N3CCSCC3)c(F)c2)C(=O)O1.CO. The molecule has 27 heavy (non-hydrogen) atoms. The number of carbonyl (C=O) groups excluding carboxylic acids is 2. The molecule has 0 radical (unpaired) electrons. The van der Waals surface area contributed by atoms with Gasteiger partial charge < -0.3 is 20.1 Å². The number of amides is 2. The van der Waals surface area contributed by atoms with Crippen LogP contribution in [0, 0.1) is 11.6 Å². The molecule has 2 saturated heterocycles. The van der Waals surface area contributed by atoms with Crippen molar-refractivity contribution < 1.29 is 28.2 Å². The first kappa shape index (κ1) is 21.2. The minimum Gasteiger partial charge on any atom is -0.442 e. The summed E-state index contributed by atoms with van der Waals surface area (Å²) in [7, 11) is 1.00. The summed E-state index contributed by atoms with van der Waals surface area (Å²) in [6.07, 6.45) is -1.24. The number of aliphatic hydroxyl groups is 1. The maximum Gasteiger partial charge on any atom is 0.414 e. The number of rotatable bonds is 4. The molecular formula is C17H23F2N3O4S. The fourth-order valence-electron chi connectivity index (χ4n) is 2.89. The maximum atomic E-state index is 14.5. The van der Waals surface area contributed by atoms with Crippen molar-refractivity contribution in [2.45, 2.75) is 13.0 Å². The number of hydrogen-bond acceptors (Lipinski definition) is 6. The zero-order valence-electron chi connectivity index (χ0n) is 15.2. The molecule has 2 heterocycles. The third kappa shape index (κ3) is 5.23. The molecule has 0 bridgehead atoms. The Hall–Kier alpha value is -2.07. The number of ether oxygens (including phenoxy) is 1. The second-order valence-corrected chi connectivity index (χ2v) is 7.14.